The highest BCUT2D eigenvalue weighted by Gasteiger charge is 2.05. The number of anilines is 1. The average Bonchev–Trinajstić information content (AvgIpc) is 2.51. The number of fused-ring (bicyclic) bond motifs is 1. The molecular formula is C8H9ClN4. The van der Waals surface area contributed by atoms with E-state index in [1.807, 2.05) is 37.3 Å². The minimum Gasteiger partial charge on any atom is -0.346 e. The molecule has 0 aromatic carbocycles. The number of halogens is 1. The van der Waals surface area contributed by atoms with Crippen LogP contribution in [-0.2, 0) is 0 Å². The third-order valence-electron chi connectivity index (χ3n) is 1.73. The maximum absolute atomic E-state index is 5.95. The largest absolute Gasteiger partial charge is 0.346 e. The first-order valence-electron chi connectivity index (χ1n) is 3.86. The number of hydrogen-bond acceptors (Lipinski definition) is 3. The van der Waals surface area contributed by atoms with Crippen LogP contribution in [0.2, 0.25) is 5.15 Å². The second-order valence-corrected chi connectivity index (χ2v) is 3.29. The summed E-state index contributed by atoms with van der Waals surface area (Å²) < 4.78 is 1.71. The monoisotopic (exact) mass is 196 g/mol. The van der Waals surface area contributed by atoms with E-state index in [-0.39, 0.29) is 0 Å². The summed E-state index contributed by atoms with van der Waals surface area (Å²) in [6.07, 6.45) is 1.84. The predicted molar refractivity (Wildman–Crippen MR) is 52.3 cm³/mol. The van der Waals surface area contributed by atoms with Gasteiger partial charge in [0.1, 0.15) is 5.52 Å². The fourth-order valence-electron chi connectivity index (χ4n) is 1.08. The molecule has 0 amide bonds. The summed E-state index contributed by atoms with van der Waals surface area (Å²) in [6.45, 7) is 0. The lowest BCUT2D eigenvalue weighted by Gasteiger charge is -2.10. The van der Waals surface area contributed by atoms with E-state index in [9.17, 15) is 0 Å². The van der Waals surface area contributed by atoms with E-state index in [2.05, 4.69) is 10.1 Å². The van der Waals surface area contributed by atoms with Crippen LogP contribution in [0.5, 0.6) is 0 Å². The molecule has 2 aromatic heterocycles. The van der Waals surface area contributed by atoms with Crippen LogP contribution in [0.25, 0.3) is 5.52 Å². The molecule has 0 spiro atoms. The van der Waals surface area contributed by atoms with Gasteiger partial charge in [-0.1, -0.05) is 11.6 Å². The molecule has 68 valence electrons. The Morgan fingerprint density at radius 3 is 2.92 bits per heavy atom. The molecule has 5 heteroatoms. The number of rotatable bonds is 1. The Hall–Kier alpha value is -1.29. The van der Waals surface area contributed by atoms with Gasteiger partial charge in [0, 0.05) is 20.3 Å². The highest BCUT2D eigenvalue weighted by Crippen LogP contribution is 2.16. The van der Waals surface area contributed by atoms with Gasteiger partial charge in [0.15, 0.2) is 5.15 Å². The van der Waals surface area contributed by atoms with E-state index in [1.165, 1.54) is 0 Å². The molecular weight excluding hydrogens is 188 g/mol. The van der Waals surface area contributed by atoms with Gasteiger partial charge < -0.3 is 4.90 Å². The van der Waals surface area contributed by atoms with Crippen LogP contribution in [0.3, 0.4) is 0 Å². The molecule has 0 saturated carbocycles. The van der Waals surface area contributed by atoms with Crippen molar-refractivity contribution in [2.24, 2.45) is 0 Å². The lowest BCUT2D eigenvalue weighted by molar-refractivity contribution is 0.865. The van der Waals surface area contributed by atoms with E-state index >= 15 is 0 Å². The Morgan fingerprint density at radius 1 is 1.46 bits per heavy atom. The summed E-state index contributed by atoms with van der Waals surface area (Å²) in [5.74, 6) is 0.605. The molecule has 4 nitrogen and oxygen atoms in total. The van der Waals surface area contributed by atoms with Crippen molar-refractivity contribution >= 4 is 23.1 Å². The molecule has 2 aromatic rings. The minimum absolute atomic E-state index is 0.476. The Morgan fingerprint density at radius 2 is 2.23 bits per heavy atom. The molecule has 0 radical (unpaired) electrons. The van der Waals surface area contributed by atoms with E-state index < -0.39 is 0 Å². The second kappa shape index (κ2) is 2.88. The van der Waals surface area contributed by atoms with Gasteiger partial charge in [-0.05, 0) is 12.1 Å². The Balaban J connectivity index is 2.70. The lowest BCUT2D eigenvalue weighted by atomic mass is 10.5. The third-order valence-corrected chi connectivity index (χ3v) is 2.01. The van der Waals surface area contributed by atoms with Crippen LogP contribution in [0.4, 0.5) is 5.95 Å². The van der Waals surface area contributed by atoms with Crippen molar-refractivity contribution < 1.29 is 0 Å². The summed E-state index contributed by atoms with van der Waals surface area (Å²) in [6, 6.07) is 3.76. The molecule has 13 heavy (non-hydrogen) atoms. The van der Waals surface area contributed by atoms with Crippen molar-refractivity contribution in [3.8, 4) is 0 Å². The highest BCUT2D eigenvalue weighted by atomic mass is 35.5. The van der Waals surface area contributed by atoms with Crippen molar-refractivity contribution in [1.29, 1.82) is 0 Å². The third kappa shape index (κ3) is 1.33. The Kier molecular flexibility index (Phi) is 1.84. The number of nitrogens with zero attached hydrogens (tertiary/aromatic N) is 4. The van der Waals surface area contributed by atoms with Gasteiger partial charge in [0.05, 0.1) is 0 Å². The quantitative estimate of drug-likeness (QED) is 0.692. The van der Waals surface area contributed by atoms with Gasteiger partial charge in [-0.3, -0.25) is 0 Å². The summed E-state index contributed by atoms with van der Waals surface area (Å²) in [5, 5.41) is 4.72. The summed E-state index contributed by atoms with van der Waals surface area (Å²) >= 11 is 5.95. The van der Waals surface area contributed by atoms with Crippen LogP contribution in [-0.4, -0.2) is 28.7 Å². The zero-order valence-corrected chi connectivity index (χ0v) is 8.15. The maximum Gasteiger partial charge on any atom is 0.244 e. The van der Waals surface area contributed by atoms with Gasteiger partial charge in [-0.25, -0.2) is 4.52 Å². The molecule has 0 aliphatic heterocycles. The zero-order valence-electron chi connectivity index (χ0n) is 7.40. The van der Waals surface area contributed by atoms with Crippen LogP contribution in [0.15, 0.2) is 18.3 Å². The van der Waals surface area contributed by atoms with Crippen LogP contribution in [0, 0.1) is 0 Å². The smallest absolute Gasteiger partial charge is 0.244 e. The van der Waals surface area contributed by atoms with Gasteiger partial charge >= 0.3 is 0 Å². The van der Waals surface area contributed by atoms with Crippen LogP contribution in [0.1, 0.15) is 0 Å². The van der Waals surface area contributed by atoms with Gasteiger partial charge in [0.2, 0.25) is 5.95 Å². The number of hydrogen-bond donors (Lipinski definition) is 0. The molecule has 0 aliphatic carbocycles. The molecule has 2 rings (SSSR count). The van der Waals surface area contributed by atoms with E-state index in [0.717, 1.165) is 5.52 Å². The van der Waals surface area contributed by atoms with Gasteiger partial charge in [-0.15, -0.1) is 5.10 Å². The average molecular weight is 197 g/mol. The van der Waals surface area contributed by atoms with Gasteiger partial charge in [-0.2, -0.15) is 4.98 Å². The molecule has 0 atom stereocenters. The predicted octanol–water partition coefficient (Wildman–Crippen LogP) is 1.45. The molecule has 0 bridgehead atoms. The van der Waals surface area contributed by atoms with Gasteiger partial charge in [0.25, 0.3) is 0 Å². The fraction of sp³-hybridized carbons (Fsp3) is 0.250. The Labute approximate surface area is 80.8 Å². The molecule has 0 unspecified atom stereocenters. The standard InChI is InChI=1S/C8H9ClN4/c1-12(2)8-10-7(9)6-4-3-5-13(6)11-8/h3-5H,1-2H3. The van der Waals surface area contributed by atoms with Crippen LogP contribution < -0.4 is 4.90 Å². The normalized spacial score (nSPS) is 10.7. The van der Waals surface area contributed by atoms with Crippen molar-refractivity contribution in [2.45, 2.75) is 0 Å². The molecule has 0 aliphatic rings. The highest BCUT2D eigenvalue weighted by molar-refractivity contribution is 6.32. The first-order valence-corrected chi connectivity index (χ1v) is 4.24. The fourth-order valence-corrected chi connectivity index (χ4v) is 1.30. The van der Waals surface area contributed by atoms with E-state index in [4.69, 9.17) is 11.6 Å². The summed E-state index contributed by atoms with van der Waals surface area (Å²) in [4.78, 5) is 5.94. The maximum atomic E-state index is 5.95. The SMILES string of the molecule is CN(C)c1nc(Cl)c2cccn2n1. The van der Waals surface area contributed by atoms with E-state index in [1.54, 1.807) is 4.52 Å². The first kappa shape index (κ1) is 8.31. The van der Waals surface area contributed by atoms with Crippen molar-refractivity contribution in [3.63, 3.8) is 0 Å². The van der Waals surface area contributed by atoms with Crippen molar-refractivity contribution in [1.82, 2.24) is 14.6 Å². The minimum atomic E-state index is 0.476. The first-order chi connectivity index (χ1) is 6.18. The molecule has 0 N–H and O–H groups in total. The topological polar surface area (TPSA) is 33.4 Å². The lowest BCUT2D eigenvalue weighted by Crippen LogP contribution is -2.14. The summed E-state index contributed by atoms with van der Waals surface area (Å²) in [7, 11) is 3.75. The second-order valence-electron chi connectivity index (χ2n) is 2.94. The van der Waals surface area contributed by atoms with Crippen LogP contribution >= 0.6 is 11.6 Å². The zero-order chi connectivity index (χ0) is 9.42. The number of aromatic nitrogens is 3. The van der Waals surface area contributed by atoms with Crippen molar-refractivity contribution in [3.05, 3.63) is 23.5 Å². The van der Waals surface area contributed by atoms with Crippen molar-refractivity contribution in [2.75, 3.05) is 19.0 Å². The Bertz CT molecular complexity index is 435. The molecule has 0 saturated heterocycles. The molecule has 2 heterocycles. The summed E-state index contributed by atoms with van der Waals surface area (Å²) in [5.41, 5.74) is 0.826. The van der Waals surface area contributed by atoms with E-state index in [0.29, 0.717) is 11.1 Å². The molecule has 0 fully saturated rings.